The lowest BCUT2D eigenvalue weighted by molar-refractivity contribution is 0.478. The van der Waals surface area contributed by atoms with Crippen molar-refractivity contribution in [3.63, 3.8) is 0 Å². The Labute approximate surface area is 117 Å². The Morgan fingerprint density at radius 1 is 1.32 bits per heavy atom. The molecule has 4 nitrogen and oxygen atoms in total. The minimum absolute atomic E-state index is 0.0644. The van der Waals surface area contributed by atoms with Crippen molar-refractivity contribution in [1.82, 2.24) is 4.31 Å². The smallest absolute Gasteiger partial charge is 0.140 e. The van der Waals surface area contributed by atoms with Crippen LogP contribution in [0.1, 0.15) is 34.1 Å². The van der Waals surface area contributed by atoms with Gasteiger partial charge in [-0.25, -0.2) is 12.9 Å². The van der Waals surface area contributed by atoms with E-state index in [1.54, 1.807) is 12.1 Å². The number of rotatable bonds is 6. The van der Waals surface area contributed by atoms with Crippen LogP contribution >= 0.6 is 0 Å². The molecule has 0 aliphatic heterocycles. The van der Waals surface area contributed by atoms with Gasteiger partial charge >= 0.3 is 0 Å². The zero-order chi connectivity index (χ0) is 14.5. The van der Waals surface area contributed by atoms with Crippen molar-refractivity contribution in [3.05, 3.63) is 24.3 Å². The summed E-state index contributed by atoms with van der Waals surface area (Å²) in [6, 6.07) is 7.32. The normalized spacial score (nSPS) is 16.1. The van der Waals surface area contributed by atoms with E-state index < -0.39 is 9.92 Å². The summed E-state index contributed by atoms with van der Waals surface area (Å²) < 4.78 is 19.9. The molecule has 0 fully saturated rings. The Bertz CT molecular complexity index is 517. The van der Waals surface area contributed by atoms with Gasteiger partial charge in [0.25, 0.3) is 0 Å². The zero-order valence-corrected chi connectivity index (χ0v) is 13.1. The van der Waals surface area contributed by atoms with Gasteiger partial charge in [0.2, 0.25) is 0 Å². The lowest BCUT2D eigenvalue weighted by Crippen LogP contribution is -2.31. The second kappa shape index (κ2) is 6.91. The van der Waals surface area contributed by atoms with Gasteiger partial charge in [-0.05, 0) is 31.5 Å². The minimum Gasteiger partial charge on any atom is -0.399 e. The molecule has 1 rings (SSSR count). The number of nitrogens with two attached hydrogens (primary N) is 1. The molecule has 0 radical (unpaired) electrons. The quantitative estimate of drug-likeness (QED) is 0.815. The largest absolute Gasteiger partial charge is 0.399 e. The number of nitrogens with zero attached hydrogens (tertiary/aromatic N) is 2. The van der Waals surface area contributed by atoms with Crippen molar-refractivity contribution >= 4 is 15.6 Å². The maximum atomic E-state index is 13.4. The minimum atomic E-state index is -2.56. The average molecular weight is 283 g/mol. The maximum absolute atomic E-state index is 13.4. The van der Waals surface area contributed by atoms with Crippen LogP contribution in [0.5, 0.6) is 0 Å². The van der Waals surface area contributed by atoms with Crippen LogP contribution in [0.4, 0.5) is 5.69 Å². The lowest BCUT2D eigenvalue weighted by Gasteiger charge is -2.25. The molecule has 0 spiro atoms. The summed E-state index contributed by atoms with van der Waals surface area (Å²) >= 11 is 0. The highest BCUT2D eigenvalue weighted by Crippen LogP contribution is 2.22. The van der Waals surface area contributed by atoms with Crippen molar-refractivity contribution in [2.45, 2.75) is 45.1 Å². The molecule has 2 atom stereocenters. The molecule has 5 heteroatoms. The van der Waals surface area contributed by atoms with E-state index in [1.165, 1.54) is 0 Å². The first-order valence-corrected chi connectivity index (χ1v) is 8.32. The summed E-state index contributed by atoms with van der Waals surface area (Å²) in [6.07, 6.45) is 0.876. The predicted molar refractivity (Wildman–Crippen MR) is 82.4 cm³/mol. The summed E-state index contributed by atoms with van der Waals surface area (Å²) in [7, 11) is -2.56. The molecule has 0 saturated heterocycles. The second-order valence-electron chi connectivity index (χ2n) is 4.55. The molecule has 0 aliphatic carbocycles. The molecule has 0 heterocycles. The number of anilines is 1. The molecular weight excluding hydrogens is 258 g/mol. The van der Waals surface area contributed by atoms with Crippen LogP contribution in [0.25, 0.3) is 0 Å². The van der Waals surface area contributed by atoms with Gasteiger partial charge in [-0.3, -0.25) is 0 Å². The summed E-state index contributed by atoms with van der Waals surface area (Å²) in [5, 5.41) is 0. The van der Waals surface area contributed by atoms with E-state index in [1.807, 2.05) is 37.2 Å². The molecule has 2 N–H and O–H groups in total. The Morgan fingerprint density at radius 2 is 1.95 bits per heavy atom. The fourth-order valence-electron chi connectivity index (χ4n) is 1.85. The van der Waals surface area contributed by atoms with Gasteiger partial charge in [0.1, 0.15) is 9.92 Å². The van der Waals surface area contributed by atoms with Gasteiger partial charge in [-0.2, -0.15) is 0 Å². The van der Waals surface area contributed by atoms with E-state index in [4.69, 9.17) is 5.73 Å². The van der Waals surface area contributed by atoms with E-state index in [2.05, 4.69) is 11.3 Å². The topological polar surface area (TPSA) is 58.7 Å². The summed E-state index contributed by atoms with van der Waals surface area (Å²) in [5.41, 5.74) is 6.44. The Hall–Kier alpha value is -1.07. The van der Waals surface area contributed by atoms with Crippen LogP contribution in [0, 0.1) is 0 Å². The Balaban J connectivity index is 3.43. The van der Waals surface area contributed by atoms with Crippen LogP contribution in [-0.2, 0) is 9.92 Å². The lowest BCUT2D eigenvalue weighted by atomic mass is 10.3. The third kappa shape index (κ3) is 3.70. The van der Waals surface area contributed by atoms with E-state index in [0.29, 0.717) is 23.7 Å². The van der Waals surface area contributed by atoms with Gasteiger partial charge in [0.05, 0.1) is 10.9 Å². The van der Waals surface area contributed by atoms with Crippen molar-refractivity contribution in [2.75, 3.05) is 18.8 Å². The van der Waals surface area contributed by atoms with Gasteiger partial charge in [-0.15, -0.1) is 0 Å². The fourth-order valence-corrected chi connectivity index (χ4v) is 4.28. The highest BCUT2D eigenvalue weighted by atomic mass is 32.2. The standard InChI is InChI=1S/C14H25N3OS/c1-5-12(4)16-19(18,17(6-2)7-3)14-10-8-9-13(15)11-14/h8-12H,5-7,15H2,1-4H3. The van der Waals surface area contributed by atoms with Crippen LogP contribution in [-0.4, -0.2) is 27.6 Å². The van der Waals surface area contributed by atoms with Crippen molar-refractivity contribution in [1.29, 1.82) is 0 Å². The summed E-state index contributed by atoms with van der Waals surface area (Å²) in [5.74, 6) is 0. The molecule has 108 valence electrons. The Kier molecular flexibility index (Phi) is 5.82. The molecule has 0 aliphatic rings. The SMILES string of the molecule is CCC(C)N=S(=O)(c1cccc(N)c1)N(CC)CC. The van der Waals surface area contributed by atoms with Gasteiger partial charge < -0.3 is 5.73 Å². The average Bonchev–Trinajstić information content (AvgIpc) is 2.39. The fraction of sp³-hybridized carbons (Fsp3) is 0.571. The van der Waals surface area contributed by atoms with Gasteiger partial charge in [0.15, 0.2) is 0 Å². The number of hydrogen-bond donors (Lipinski definition) is 1. The van der Waals surface area contributed by atoms with Gasteiger partial charge in [0, 0.05) is 18.8 Å². The first-order valence-electron chi connectivity index (χ1n) is 6.84. The van der Waals surface area contributed by atoms with Crippen molar-refractivity contribution in [3.8, 4) is 0 Å². The molecule has 0 saturated carbocycles. The van der Waals surface area contributed by atoms with Crippen molar-refractivity contribution in [2.24, 2.45) is 4.36 Å². The van der Waals surface area contributed by atoms with Gasteiger partial charge in [-0.1, -0.05) is 26.8 Å². The second-order valence-corrected chi connectivity index (χ2v) is 6.74. The maximum Gasteiger partial charge on any atom is 0.140 e. The Morgan fingerprint density at radius 3 is 2.42 bits per heavy atom. The third-order valence-electron chi connectivity index (χ3n) is 3.13. The molecule has 1 aromatic carbocycles. The first-order chi connectivity index (χ1) is 8.97. The molecular formula is C14H25N3OS. The molecule has 0 bridgehead atoms. The monoisotopic (exact) mass is 283 g/mol. The third-order valence-corrected chi connectivity index (χ3v) is 5.86. The van der Waals surface area contributed by atoms with Crippen LogP contribution in [0.2, 0.25) is 0 Å². The summed E-state index contributed by atoms with van der Waals surface area (Å²) in [4.78, 5) is 0.705. The van der Waals surface area contributed by atoms with Crippen LogP contribution < -0.4 is 5.73 Å². The highest BCUT2D eigenvalue weighted by Gasteiger charge is 2.21. The molecule has 1 aromatic rings. The molecule has 2 unspecified atom stereocenters. The molecule has 0 amide bonds. The van der Waals surface area contributed by atoms with Crippen LogP contribution in [0.3, 0.4) is 0 Å². The summed E-state index contributed by atoms with van der Waals surface area (Å²) in [6.45, 7) is 9.45. The molecule has 19 heavy (non-hydrogen) atoms. The van der Waals surface area contributed by atoms with E-state index >= 15 is 0 Å². The van der Waals surface area contributed by atoms with E-state index in [0.717, 1.165) is 6.42 Å². The number of benzene rings is 1. The predicted octanol–water partition coefficient (Wildman–Crippen LogP) is 3.15. The van der Waals surface area contributed by atoms with Crippen LogP contribution in [0.15, 0.2) is 33.5 Å². The first kappa shape index (κ1) is 16.0. The number of nitrogen functional groups attached to an aromatic ring is 1. The van der Waals surface area contributed by atoms with Crippen molar-refractivity contribution < 1.29 is 4.21 Å². The molecule has 0 aromatic heterocycles. The zero-order valence-electron chi connectivity index (χ0n) is 12.3. The van der Waals surface area contributed by atoms with E-state index in [9.17, 15) is 4.21 Å². The number of hydrogen-bond acceptors (Lipinski definition) is 3. The van der Waals surface area contributed by atoms with E-state index in [-0.39, 0.29) is 6.04 Å². The highest BCUT2D eigenvalue weighted by molar-refractivity contribution is 7.91.